The zero-order valence-corrected chi connectivity index (χ0v) is 16.2. The monoisotopic (exact) mass is 338 g/mol. The molecule has 0 spiro atoms. The Kier molecular flexibility index (Phi) is 4.28. The van der Waals surface area contributed by atoms with Gasteiger partial charge >= 0.3 is 0 Å². The van der Waals surface area contributed by atoms with Gasteiger partial charge in [-0.1, -0.05) is 74.5 Å². The van der Waals surface area contributed by atoms with Crippen molar-refractivity contribution in [3.8, 4) is 11.1 Å². The Hall–Kier alpha value is -2.60. The summed E-state index contributed by atoms with van der Waals surface area (Å²) in [7, 11) is 0. The van der Waals surface area contributed by atoms with Gasteiger partial charge in [0, 0.05) is 0 Å². The van der Waals surface area contributed by atoms with Crippen LogP contribution in [-0.2, 0) is 12.8 Å². The van der Waals surface area contributed by atoms with Gasteiger partial charge in [-0.3, -0.25) is 0 Å². The fourth-order valence-electron chi connectivity index (χ4n) is 4.40. The molecule has 0 saturated heterocycles. The lowest BCUT2D eigenvalue weighted by atomic mass is 9.85. The second kappa shape index (κ2) is 6.61. The van der Waals surface area contributed by atoms with Gasteiger partial charge in [0.2, 0.25) is 0 Å². The number of aryl methyl sites for hydroxylation is 4. The van der Waals surface area contributed by atoms with E-state index in [1.165, 1.54) is 54.9 Å². The SMILES string of the molecule is CCc1cc(-c2c(C)cc(CC)c3ccccc23)c(C)c2ccccc12. The van der Waals surface area contributed by atoms with E-state index in [9.17, 15) is 0 Å². The summed E-state index contributed by atoms with van der Waals surface area (Å²) in [6.07, 6.45) is 2.12. The van der Waals surface area contributed by atoms with Crippen LogP contribution < -0.4 is 0 Å². The summed E-state index contributed by atoms with van der Waals surface area (Å²) >= 11 is 0. The van der Waals surface area contributed by atoms with Crippen molar-refractivity contribution in [2.45, 2.75) is 40.5 Å². The van der Waals surface area contributed by atoms with E-state index in [4.69, 9.17) is 0 Å². The summed E-state index contributed by atoms with van der Waals surface area (Å²) in [4.78, 5) is 0. The molecular weight excluding hydrogens is 312 g/mol. The van der Waals surface area contributed by atoms with E-state index in [0.29, 0.717) is 0 Å². The maximum atomic E-state index is 2.43. The average Bonchev–Trinajstić information content (AvgIpc) is 2.68. The van der Waals surface area contributed by atoms with Crippen molar-refractivity contribution in [2.75, 3.05) is 0 Å². The molecule has 0 aromatic heterocycles. The predicted molar refractivity (Wildman–Crippen MR) is 115 cm³/mol. The van der Waals surface area contributed by atoms with Crippen LogP contribution in [0, 0.1) is 13.8 Å². The Bertz CT molecular complexity index is 1120. The molecule has 0 atom stereocenters. The first-order valence-corrected chi connectivity index (χ1v) is 9.68. The first-order valence-electron chi connectivity index (χ1n) is 9.68. The fourth-order valence-corrected chi connectivity index (χ4v) is 4.40. The highest BCUT2D eigenvalue weighted by molar-refractivity contribution is 6.04. The standard InChI is InChI=1S/C26H26/c1-5-19-15-17(3)26(24-14-10-9-13-23(19)24)25-16-20(6-2)22-12-8-7-11-21(22)18(25)4/h7-16H,5-6H2,1-4H3. The molecule has 0 unspecified atom stereocenters. The Morgan fingerprint density at radius 3 is 1.73 bits per heavy atom. The molecule has 0 heterocycles. The summed E-state index contributed by atoms with van der Waals surface area (Å²) < 4.78 is 0. The molecule has 0 nitrogen and oxygen atoms in total. The normalized spacial score (nSPS) is 11.4. The highest BCUT2D eigenvalue weighted by Crippen LogP contribution is 2.39. The molecule has 0 radical (unpaired) electrons. The molecule has 0 fully saturated rings. The molecule has 0 bridgehead atoms. The third-order valence-corrected chi connectivity index (χ3v) is 5.76. The molecule has 130 valence electrons. The van der Waals surface area contributed by atoms with E-state index in [2.05, 4.69) is 88.4 Å². The number of hydrogen-bond acceptors (Lipinski definition) is 0. The lowest BCUT2D eigenvalue weighted by Gasteiger charge is -2.19. The Labute approximate surface area is 156 Å². The minimum absolute atomic E-state index is 1.05. The van der Waals surface area contributed by atoms with E-state index in [1.54, 1.807) is 0 Å². The van der Waals surface area contributed by atoms with Crippen molar-refractivity contribution in [1.29, 1.82) is 0 Å². The molecule has 0 aliphatic rings. The molecule has 26 heavy (non-hydrogen) atoms. The maximum absolute atomic E-state index is 2.43. The minimum atomic E-state index is 1.05. The number of rotatable bonds is 3. The second-order valence-corrected chi connectivity index (χ2v) is 7.23. The van der Waals surface area contributed by atoms with Gasteiger partial charge < -0.3 is 0 Å². The quantitative estimate of drug-likeness (QED) is 0.365. The van der Waals surface area contributed by atoms with E-state index in [-0.39, 0.29) is 0 Å². The van der Waals surface area contributed by atoms with Crippen LogP contribution in [0.5, 0.6) is 0 Å². The first-order chi connectivity index (χ1) is 12.7. The van der Waals surface area contributed by atoms with Gasteiger partial charge in [-0.25, -0.2) is 0 Å². The summed E-state index contributed by atoms with van der Waals surface area (Å²) in [5.74, 6) is 0. The highest BCUT2D eigenvalue weighted by atomic mass is 14.2. The second-order valence-electron chi connectivity index (χ2n) is 7.23. The number of fused-ring (bicyclic) bond motifs is 2. The van der Waals surface area contributed by atoms with Crippen molar-refractivity contribution in [3.05, 3.63) is 82.9 Å². The van der Waals surface area contributed by atoms with Gasteiger partial charge in [-0.15, -0.1) is 0 Å². The number of benzene rings is 4. The summed E-state index contributed by atoms with van der Waals surface area (Å²) in [6, 6.07) is 22.5. The van der Waals surface area contributed by atoms with Crippen molar-refractivity contribution in [2.24, 2.45) is 0 Å². The molecule has 4 rings (SSSR count). The number of hydrogen-bond donors (Lipinski definition) is 0. The van der Waals surface area contributed by atoms with Gasteiger partial charge in [0.05, 0.1) is 0 Å². The Morgan fingerprint density at radius 2 is 1.12 bits per heavy atom. The Balaban J connectivity index is 2.15. The molecular formula is C26H26. The van der Waals surface area contributed by atoms with Crippen molar-refractivity contribution in [1.82, 2.24) is 0 Å². The van der Waals surface area contributed by atoms with Crippen LogP contribution in [0.1, 0.15) is 36.1 Å². The highest BCUT2D eigenvalue weighted by Gasteiger charge is 2.15. The van der Waals surface area contributed by atoms with Crippen LogP contribution in [0.4, 0.5) is 0 Å². The van der Waals surface area contributed by atoms with Crippen molar-refractivity contribution in [3.63, 3.8) is 0 Å². The Morgan fingerprint density at radius 1 is 0.615 bits per heavy atom. The molecule has 0 heteroatoms. The largest absolute Gasteiger partial charge is 0.0616 e. The fraction of sp³-hybridized carbons (Fsp3) is 0.231. The summed E-state index contributed by atoms with van der Waals surface area (Å²) in [5, 5.41) is 5.54. The lowest BCUT2D eigenvalue weighted by molar-refractivity contribution is 1.15. The van der Waals surface area contributed by atoms with E-state index < -0.39 is 0 Å². The van der Waals surface area contributed by atoms with Gasteiger partial charge in [0.1, 0.15) is 0 Å². The summed E-state index contributed by atoms with van der Waals surface area (Å²) in [5.41, 5.74) is 8.42. The van der Waals surface area contributed by atoms with Crippen molar-refractivity contribution >= 4 is 21.5 Å². The molecule has 0 amide bonds. The molecule has 0 saturated carbocycles. The lowest BCUT2D eigenvalue weighted by Crippen LogP contribution is -1.96. The molecule has 4 aromatic rings. The van der Waals surface area contributed by atoms with Crippen LogP contribution in [0.15, 0.2) is 60.7 Å². The zero-order valence-electron chi connectivity index (χ0n) is 16.2. The van der Waals surface area contributed by atoms with Crippen LogP contribution in [0.2, 0.25) is 0 Å². The van der Waals surface area contributed by atoms with Crippen molar-refractivity contribution < 1.29 is 0 Å². The predicted octanol–water partition coefficient (Wildman–Crippen LogP) is 7.40. The third kappa shape index (κ3) is 2.52. The van der Waals surface area contributed by atoms with Crippen LogP contribution in [0.3, 0.4) is 0 Å². The van der Waals surface area contributed by atoms with E-state index in [0.717, 1.165) is 12.8 Å². The topological polar surface area (TPSA) is 0 Å². The van der Waals surface area contributed by atoms with E-state index >= 15 is 0 Å². The zero-order chi connectivity index (χ0) is 18.3. The van der Waals surface area contributed by atoms with Crippen LogP contribution >= 0.6 is 0 Å². The smallest absolute Gasteiger partial charge is 0.00729 e. The molecule has 0 N–H and O–H groups in total. The van der Waals surface area contributed by atoms with Gasteiger partial charge in [0.15, 0.2) is 0 Å². The first kappa shape index (κ1) is 16.8. The van der Waals surface area contributed by atoms with Gasteiger partial charge in [-0.2, -0.15) is 0 Å². The minimum Gasteiger partial charge on any atom is -0.0616 e. The van der Waals surface area contributed by atoms with Crippen LogP contribution in [-0.4, -0.2) is 0 Å². The molecule has 4 aromatic carbocycles. The maximum Gasteiger partial charge on any atom is -0.00729 e. The summed E-state index contributed by atoms with van der Waals surface area (Å²) in [6.45, 7) is 9.05. The van der Waals surface area contributed by atoms with E-state index in [1.807, 2.05) is 0 Å². The molecule has 0 aliphatic heterocycles. The molecule has 0 aliphatic carbocycles. The van der Waals surface area contributed by atoms with Crippen LogP contribution in [0.25, 0.3) is 32.7 Å². The van der Waals surface area contributed by atoms with Gasteiger partial charge in [0.25, 0.3) is 0 Å². The van der Waals surface area contributed by atoms with Gasteiger partial charge in [-0.05, 0) is 81.6 Å². The third-order valence-electron chi connectivity index (χ3n) is 5.76. The average molecular weight is 338 g/mol.